The summed E-state index contributed by atoms with van der Waals surface area (Å²) in [6, 6.07) is -0.146. The van der Waals surface area contributed by atoms with E-state index in [0.717, 1.165) is 37.0 Å². The fourth-order valence-corrected chi connectivity index (χ4v) is 10.7. The third-order valence-electron chi connectivity index (χ3n) is 11.4. The van der Waals surface area contributed by atoms with E-state index in [2.05, 4.69) is 64.5 Å². The molecule has 1 aliphatic heterocycles. The van der Waals surface area contributed by atoms with Crippen LogP contribution in [0.3, 0.4) is 0 Å². The molecule has 0 radical (unpaired) electrons. The molecule has 1 N–H and O–H groups in total. The van der Waals surface area contributed by atoms with Crippen molar-refractivity contribution in [2.24, 2.45) is 52.3 Å². The maximum absolute atomic E-state index is 12.1. The van der Waals surface area contributed by atoms with Crippen molar-refractivity contribution in [2.75, 3.05) is 0 Å². The van der Waals surface area contributed by atoms with Crippen molar-refractivity contribution in [3.8, 4) is 0 Å². The second kappa shape index (κ2) is 8.73. The van der Waals surface area contributed by atoms with Crippen LogP contribution in [0.25, 0.3) is 0 Å². The summed E-state index contributed by atoms with van der Waals surface area (Å²) in [7, 11) is -3.59. The van der Waals surface area contributed by atoms with Gasteiger partial charge in [0.05, 0.1) is 12.1 Å². The number of hydrogen-bond acceptors (Lipinski definition) is 3. The Bertz CT molecular complexity index is 954. The van der Waals surface area contributed by atoms with E-state index in [-0.39, 0.29) is 17.6 Å². The van der Waals surface area contributed by atoms with Gasteiger partial charge in [0.25, 0.3) is 0 Å². The normalized spacial score (nSPS) is 47.0. The van der Waals surface area contributed by atoms with Gasteiger partial charge in [-0.1, -0.05) is 59.8 Å². The fraction of sp³-hybridized carbons (Fsp3) is 0.862. The molecular weight excluding hydrogens is 442 g/mol. The van der Waals surface area contributed by atoms with Gasteiger partial charge in [-0.3, -0.25) is 4.18 Å². The molecular formula is C29H47NO3S. The molecule has 0 unspecified atom stereocenters. The molecule has 0 bridgehead atoms. The molecule has 10 atom stereocenters. The van der Waals surface area contributed by atoms with Crippen LogP contribution in [-0.4, -0.2) is 20.6 Å². The summed E-state index contributed by atoms with van der Waals surface area (Å²) >= 11 is 0. The van der Waals surface area contributed by atoms with Crippen LogP contribution in [0.2, 0.25) is 0 Å². The number of hydrogen-bond donors (Lipinski definition) is 1. The Morgan fingerprint density at radius 3 is 2.56 bits per heavy atom. The molecule has 5 rings (SSSR count). The summed E-state index contributed by atoms with van der Waals surface area (Å²) in [6.45, 7) is 14.5. The zero-order valence-electron chi connectivity index (χ0n) is 22.2. The third kappa shape index (κ3) is 3.87. The lowest BCUT2D eigenvalue weighted by Crippen LogP contribution is -2.54. The second-order valence-electron chi connectivity index (χ2n) is 13.2. The molecule has 3 saturated carbocycles. The van der Waals surface area contributed by atoms with Crippen LogP contribution in [0.1, 0.15) is 92.9 Å². The van der Waals surface area contributed by atoms with Crippen LogP contribution in [0.5, 0.6) is 0 Å². The number of fused-ring (bicyclic) bond motifs is 7. The van der Waals surface area contributed by atoms with Crippen molar-refractivity contribution in [1.82, 2.24) is 4.72 Å². The van der Waals surface area contributed by atoms with E-state index in [1.54, 1.807) is 0 Å². The van der Waals surface area contributed by atoms with Gasteiger partial charge in [0.2, 0.25) is 0 Å². The first-order valence-corrected chi connectivity index (χ1v) is 15.5. The Labute approximate surface area is 208 Å². The van der Waals surface area contributed by atoms with Gasteiger partial charge in [0.1, 0.15) is 0 Å². The molecule has 0 spiro atoms. The molecule has 0 aromatic carbocycles. The van der Waals surface area contributed by atoms with E-state index in [1.807, 2.05) is 0 Å². The molecule has 0 aromatic rings. The lowest BCUT2D eigenvalue weighted by atomic mass is 9.46. The van der Waals surface area contributed by atoms with E-state index < -0.39 is 10.3 Å². The lowest BCUT2D eigenvalue weighted by molar-refractivity contribution is -0.0530. The number of rotatable bonds is 5. The van der Waals surface area contributed by atoms with Gasteiger partial charge >= 0.3 is 10.3 Å². The predicted octanol–water partition coefficient (Wildman–Crippen LogP) is 6.65. The van der Waals surface area contributed by atoms with Crippen LogP contribution in [0.4, 0.5) is 0 Å². The molecule has 34 heavy (non-hydrogen) atoms. The van der Waals surface area contributed by atoms with Crippen LogP contribution < -0.4 is 4.72 Å². The summed E-state index contributed by atoms with van der Waals surface area (Å²) in [5.41, 5.74) is 1.87. The highest BCUT2D eigenvalue weighted by atomic mass is 32.2. The minimum atomic E-state index is -3.59. The Kier molecular flexibility index (Phi) is 6.42. The minimum Gasteiger partial charge on any atom is -0.253 e. The van der Waals surface area contributed by atoms with Crippen molar-refractivity contribution < 1.29 is 12.6 Å². The quantitative estimate of drug-likeness (QED) is 0.440. The van der Waals surface area contributed by atoms with E-state index in [0.29, 0.717) is 29.1 Å². The van der Waals surface area contributed by atoms with E-state index in [1.165, 1.54) is 37.7 Å². The van der Waals surface area contributed by atoms with Crippen molar-refractivity contribution in [3.63, 3.8) is 0 Å². The van der Waals surface area contributed by atoms with Gasteiger partial charge in [-0.25, -0.2) is 0 Å². The minimum absolute atomic E-state index is 0.108. The molecule has 4 fully saturated rings. The van der Waals surface area contributed by atoms with Crippen molar-refractivity contribution in [3.05, 3.63) is 23.8 Å². The standard InChI is InChI=1S/C29H47NO3S/c1-7-20(18(2)3)9-8-19(4)22-12-13-23-21-10-11-25-27-26(33-34(31,32)30-27)15-17-29(25,6)24(21)14-16-28(22,23)5/h8-9,11,18-24,26-27,30H,7,10,12-17H2,1-6H3/b9-8+/t19-,20-,21+,22-,23+,24+,26+,27-,28-,29-/m1/s1. The molecule has 5 aliphatic rings. The van der Waals surface area contributed by atoms with Crippen LogP contribution in [0.15, 0.2) is 23.8 Å². The summed E-state index contributed by atoms with van der Waals surface area (Å²) in [5, 5.41) is 0. The van der Waals surface area contributed by atoms with E-state index in [9.17, 15) is 8.42 Å². The first kappa shape index (κ1) is 25.0. The third-order valence-corrected chi connectivity index (χ3v) is 12.4. The van der Waals surface area contributed by atoms with Gasteiger partial charge in [0, 0.05) is 0 Å². The molecule has 4 nitrogen and oxygen atoms in total. The maximum atomic E-state index is 12.1. The molecule has 1 saturated heterocycles. The summed E-state index contributed by atoms with van der Waals surface area (Å²) in [5.74, 6) is 5.04. The maximum Gasteiger partial charge on any atom is 0.336 e. The summed E-state index contributed by atoms with van der Waals surface area (Å²) < 4.78 is 32.5. The second-order valence-corrected chi connectivity index (χ2v) is 14.5. The van der Waals surface area contributed by atoms with E-state index in [4.69, 9.17) is 4.18 Å². The number of allylic oxidation sites excluding steroid dienone is 3. The van der Waals surface area contributed by atoms with E-state index >= 15 is 0 Å². The van der Waals surface area contributed by atoms with Gasteiger partial charge in [-0.2, -0.15) is 13.1 Å². The van der Waals surface area contributed by atoms with Crippen LogP contribution in [0, 0.1) is 52.3 Å². The highest BCUT2D eigenvalue weighted by Gasteiger charge is 2.61. The Balaban J connectivity index is 1.37. The van der Waals surface area contributed by atoms with Crippen molar-refractivity contribution >= 4 is 10.3 Å². The Morgan fingerprint density at radius 1 is 1.09 bits per heavy atom. The van der Waals surface area contributed by atoms with Crippen molar-refractivity contribution in [2.45, 2.75) is 105 Å². The van der Waals surface area contributed by atoms with Gasteiger partial charge in [-0.15, -0.1) is 0 Å². The molecule has 0 aromatic heterocycles. The Morgan fingerprint density at radius 2 is 1.85 bits per heavy atom. The summed E-state index contributed by atoms with van der Waals surface area (Å²) in [6.07, 6.45) is 16.9. The smallest absolute Gasteiger partial charge is 0.253 e. The van der Waals surface area contributed by atoms with Gasteiger partial charge in [0.15, 0.2) is 0 Å². The molecule has 5 heteroatoms. The molecule has 0 amide bonds. The average molecular weight is 490 g/mol. The van der Waals surface area contributed by atoms with Crippen LogP contribution in [-0.2, 0) is 14.5 Å². The first-order chi connectivity index (χ1) is 16.0. The highest BCUT2D eigenvalue weighted by Crippen LogP contribution is 2.67. The topological polar surface area (TPSA) is 55.4 Å². The molecule has 4 aliphatic carbocycles. The summed E-state index contributed by atoms with van der Waals surface area (Å²) in [4.78, 5) is 0. The van der Waals surface area contributed by atoms with Gasteiger partial charge < -0.3 is 0 Å². The zero-order valence-corrected chi connectivity index (χ0v) is 23.0. The highest BCUT2D eigenvalue weighted by molar-refractivity contribution is 7.85. The SMILES string of the molecule is CC[C@H](/C=C/[C@@H](C)[C@H]1CC[C@H]2[C@@H]3CC=C4[C@H]5NS(=O)(=O)O[C@H]5CC[C@]4(C)[C@H]3CC[C@]12C)C(C)C. The average Bonchev–Trinajstić information content (AvgIpc) is 3.28. The number of nitrogens with one attached hydrogen (secondary N) is 1. The van der Waals surface area contributed by atoms with Crippen molar-refractivity contribution in [1.29, 1.82) is 0 Å². The molecule has 1 heterocycles. The van der Waals surface area contributed by atoms with Crippen LogP contribution >= 0.6 is 0 Å². The lowest BCUT2D eigenvalue weighted by Gasteiger charge is -2.59. The largest absolute Gasteiger partial charge is 0.336 e. The Hall–Kier alpha value is -0.650. The first-order valence-electron chi connectivity index (χ1n) is 14.1. The monoisotopic (exact) mass is 489 g/mol. The predicted molar refractivity (Wildman–Crippen MR) is 138 cm³/mol. The molecule has 192 valence electrons. The zero-order chi connectivity index (χ0) is 24.5. The fourth-order valence-electron chi connectivity index (χ4n) is 9.51. The van der Waals surface area contributed by atoms with Gasteiger partial charge in [-0.05, 0) is 109 Å².